The minimum atomic E-state index is -0.853. The molecular formula is C14H9ClO6. The highest BCUT2D eigenvalue weighted by atomic mass is 35.5. The zero-order valence-electron chi connectivity index (χ0n) is 11.1. The number of hydrogen-bond donors (Lipinski definition) is 0. The Morgan fingerprint density at radius 2 is 1.90 bits per heavy atom. The van der Waals surface area contributed by atoms with Crippen molar-refractivity contribution in [2.75, 3.05) is 14.2 Å². The molecule has 2 aromatic heterocycles. The maximum Gasteiger partial charge on any atom is 0.348 e. The fraction of sp³-hybridized carbons (Fsp3) is 0.143. The topological polar surface area (TPSA) is 78.9 Å². The highest BCUT2D eigenvalue weighted by Crippen LogP contribution is 2.45. The molecule has 0 amide bonds. The van der Waals surface area contributed by atoms with Crippen molar-refractivity contribution in [3.63, 3.8) is 0 Å². The number of rotatable bonds is 3. The number of aldehydes is 1. The summed E-state index contributed by atoms with van der Waals surface area (Å²) < 4.78 is 21.1. The quantitative estimate of drug-likeness (QED) is 0.546. The van der Waals surface area contributed by atoms with Crippen LogP contribution in [0, 0.1) is 0 Å². The summed E-state index contributed by atoms with van der Waals surface area (Å²) in [4.78, 5) is 22.8. The first kappa shape index (κ1) is 13.5. The molecular weight excluding hydrogens is 300 g/mol. The number of methoxy groups -OCH3 is 2. The summed E-state index contributed by atoms with van der Waals surface area (Å²) in [6.07, 6.45) is 1.79. The third kappa shape index (κ3) is 1.72. The third-order valence-electron chi connectivity index (χ3n) is 3.17. The largest absolute Gasteiger partial charge is 0.495 e. The summed E-state index contributed by atoms with van der Waals surface area (Å²) in [6.45, 7) is 0. The predicted octanol–water partition coefficient (Wildman–Crippen LogP) is 3.02. The van der Waals surface area contributed by atoms with Gasteiger partial charge in [-0.15, -0.1) is 0 Å². The Bertz CT molecular complexity index is 921. The van der Waals surface area contributed by atoms with Crippen LogP contribution in [-0.4, -0.2) is 20.5 Å². The fourth-order valence-corrected chi connectivity index (χ4v) is 2.58. The second-order valence-corrected chi connectivity index (χ2v) is 4.55. The molecule has 0 saturated carbocycles. The third-order valence-corrected chi connectivity index (χ3v) is 3.57. The van der Waals surface area contributed by atoms with Crippen LogP contribution in [0.2, 0.25) is 5.02 Å². The fourth-order valence-electron chi connectivity index (χ4n) is 2.28. The van der Waals surface area contributed by atoms with Crippen molar-refractivity contribution in [3.8, 4) is 11.5 Å². The van der Waals surface area contributed by atoms with Crippen LogP contribution in [-0.2, 0) is 0 Å². The summed E-state index contributed by atoms with van der Waals surface area (Å²) >= 11 is 6.17. The van der Waals surface area contributed by atoms with Gasteiger partial charge in [0.1, 0.15) is 11.3 Å². The van der Waals surface area contributed by atoms with E-state index in [1.807, 2.05) is 0 Å². The monoisotopic (exact) mass is 308 g/mol. The maximum absolute atomic E-state index is 11.8. The normalized spacial score (nSPS) is 11.0. The zero-order chi connectivity index (χ0) is 15.1. The van der Waals surface area contributed by atoms with E-state index in [2.05, 4.69) is 0 Å². The molecule has 1 aromatic carbocycles. The van der Waals surface area contributed by atoms with E-state index in [4.69, 9.17) is 29.9 Å². The molecule has 3 rings (SSSR count). The van der Waals surface area contributed by atoms with E-state index in [-0.39, 0.29) is 27.3 Å². The van der Waals surface area contributed by atoms with Crippen molar-refractivity contribution in [1.82, 2.24) is 0 Å². The number of carbonyl (C=O) groups excluding carboxylic acids is 1. The highest BCUT2D eigenvalue weighted by molar-refractivity contribution is 6.39. The molecule has 7 heteroatoms. The molecule has 3 aromatic rings. The van der Waals surface area contributed by atoms with Gasteiger partial charge in [-0.2, -0.15) is 0 Å². The van der Waals surface area contributed by atoms with Crippen molar-refractivity contribution in [1.29, 1.82) is 0 Å². The van der Waals surface area contributed by atoms with Crippen LogP contribution < -0.4 is 15.1 Å². The molecule has 0 saturated heterocycles. The van der Waals surface area contributed by atoms with E-state index in [1.54, 1.807) is 6.07 Å². The Balaban J connectivity index is 2.69. The van der Waals surface area contributed by atoms with Gasteiger partial charge >= 0.3 is 5.63 Å². The van der Waals surface area contributed by atoms with Crippen molar-refractivity contribution >= 4 is 39.8 Å². The van der Waals surface area contributed by atoms with Crippen molar-refractivity contribution in [3.05, 3.63) is 33.3 Å². The maximum atomic E-state index is 11.8. The lowest BCUT2D eigenvalue weighted by Gasteiger charge is -2.11. The van der Waals surface area contributed by atoms with E-state index in [0.717, 1.165) is 0 Å². The van der Waals surface area contributed by atoms with Crippen LogP contribution >= 0.6 is 11.6 Å². The number of benzene rings is 1. The van der Waals surface area contributed by atoms with Crippen LogP contribution in [0.3, 0.4) is 0 Å². The predicted molar refractivity (Wildman–Crippen MR) is 75.8 cm³/mol. The number of ether oxygens (including phenoxy) is 2. The zero-order valence-corrected chi connectivity index (χ0v) is 11.8. The summed E-state index contributed by atoms with van der Waals surface area (Å²) in [5.74, 6) is 0.550. The van der Waals surface area contributed by atoms with Gasteiger partial charge in [0.25, 0.3) is 0 Å². The molecule has 0 atom stereocenters. The number of hydrogen-bond acceptors (Lipinski definition) is 6. The Hall–Kier alpha value is -2.47. The van der Waals surface area contributed by atoms with Crippen LogP contribution in [0.5, 0.6) is 11.5 Å². The Labute approximate surface area is 122 Å². The van der Waals surface area contributed by atoms with Crippen molar-refractivity contribution < 1.29 is 23.1 Å². The average Bonchev–Trinajstić information content (AvgIpc) is 2.94. The highest BCUT2D eigenvalue weighted by Gasteiger charge is 2.25. The average molecular weight is 309 g/mol. The number of furan rings is 1. The molecule has 21 heavy (non-hydrogen) atoms. The van der Waals surface area contributed by atoms with E-state index in [0.29, 0.717) is 23.0 Å². The molecule has 0 unspecified atom stereocenters. The Kier molecular flexibility index (Phi) is 3.10. The summed E-state index contributed by atoms with van der Waals surface area (Å²) in [6, 6.07) is 1.66. The Morgan fingerprint density at radius 3 is 2.52 bits per heavy atom. The van der Waals surface area contributed by atoms with Gasteiger partial charge in [0.15, 0.2) is 17.5 Å². The first-order valence-corrected chi connectivity index (χ1v) is 6.24. The van der Waals surface area contributed by atoms with Crippen LogP contribution in [0.4, 0.5) is 0 Å². The summed E-state index contributed by atoms with van der Waals surface area (Å²) in [5.41, 5.74) is -0.696. The van der Waals surface area contributed by atoms with Crippen molar-refractivity contribution in [2.45, 2.75) is 0 Å². The minimum absolute atomic E-state index is 0.0468. The van der Waals surface area contributed by atoms with Gasteiger partial charge in [-0.3, -0.25) is 4.79 Å². The van der Waals surface area contributed by atoms with E-state index >= 15 is 0 Å². The lowest BCUT2D eigenvalue weighted by Crippen LogP contribution is -2.08. The van der Waals surface area contributed by atoms with E-state index < -0.39 is 5.63 Å². The van der Waals surface area contributed by atoms with Gasteiger partial charge in [0.2, 0.25) is 5.75 Å². The molecule has 0 bridgehead atoms. The smallest absolute Gasteiger partial charge is 0.348 e. The number of halogens is 1. The van der Waals surface area contributed by atoms with E-state index in [1.165, 1.54) is 20.5 Å². The molecule has 0 aliphatic rings. The summed E-state index contributed by atoms with van der Waals surface area (Å²) in [7, 11) is 2.85. The molecule has 0 spiro atoms. The summed E-state index contributed by atoms with van der Waals surface area (Å²) in [5, 5.41) is 0.829. The van der Waals surface area contributed by atoms with Gasteiger partial charge < -0.3 is 18.3 Å². The Morgan fingerprint density at radius 1 is 1.19 bits per heavy atom. The second kappa shape index (κ2) is 4.82. The first-order chi connectivity index (χ1) is 10.1. The van der Waals surface area contributed by atoms with Crippen LogP contribution in [0.1, 0.15) is 10.4 Å². The molecule has 0 aliphatic heterocycles. The standard InChI is InChI=1S/C14H9ClO6/c1-18-10-6-3-4-20-11(6)13(19-2)12-8(10)9(15)7(5-16)14(17)21-12/h3-5H,1-2H3. The molecule has 0 radical (unpaired) electrons. The van der Waals surface area contributed by atoms with Gasteiger partial charge in [0, 0.05) is 0 Å². The molecule has 6 nitrogen and oxygen atoms in total. The van der Waals surface area contributed by atoms with E-state index in [9.17, 15) is 9.59 Å². The van der Waals surface area contributed by atoms with Gasteiger partial charge in [-0.1, -0.05) is 11.6 Å². The molecule has 0 N–H and O–H groups in total. The lowest BCUT2D eigenvalue weighted by molar-refractivity contribution is 0.112. The minimum Gasteiger partial charge on any atom is -0.495 e. The van der Waals surface area contributed by atoms with Crippen molar-refractivity contribution in [2.24, 2.45) is 0 Å². The molecule has 2 heterocycles. The lowest BCUT2D eigenvalue weighted by atomic mass is 10.1. The van der Waals surface area contributed by atoms with Gasteiger partial charge in [-0.05, 0) is 6.07 Å². The van der Waals surface area contributed by atoms with Crippen LogP contribution in [0.15, 0.2) is 26.0 Å². The SMILES string of the molecule is COc1c2occc2c(OC)c2c(Cl)c(C=O)c(=O)oc12. The molecule has 108 valence electrons. The molecule has 0 fully saturated rings. The van der Waals surface area contributed by atoms with Gasteiger partial charge in [0.05, 0.1) is 36.3 Å². The first-order valence-electron chi connectivity index (χ1n) is 5.86. The van der Waals surface area contributed by atoms with Crippen LogP contribution in [0.25, 0.3) is 21.9 Å². The van der Waals surface area contributed by atoms with Gasteiger partial charge in [-0.25, -0.2) is 4.79 Å². The second-order valence-electron chi connectivity index (χ2n) is 4.17. The number of carbonyl (C=O) groups is 1. The number of fused-ring (bicyclic) bond motifs is 2. The molecule has 0 aliphatic carbocycles.